The quantitative estimate of drug-likeness (QED) is 0.576. The zero-order valence-electron chi connectivity index (χ0n) is 7.29. The summed E-state index contributed by atoms with van der Waals surface area (Å²) >= 11 is 14.9. The lowest BCUT2D eigenvalue weighted by molar-refractivity contribution is 1.45. The van der Waals surface area contributed by atoms with E-state index in [1.54, 1.807) is 6.07 Å². The van der Waals surface area contributed by atoms with E-state index in [1.165, 1.54) is 0 Å². The normalized spacial score (nSPS) is 8.83. The lowest BCUT2D eigenvalue weighted by atomic mass is 10.2. The molecule has 1 rings (SSSR count). The number of benzene rings is 1. The average Bonchev–Trinajstić information content (AvgIpc) is 2.04. The van der Waals surface area contributed by atoms with Gasteiger partial charge in [-0.2, -0.15) is 0 Å². The lowest BCUT2D eigenvalue weighted by Crippen LogP contribution is -1.76. The Morgan fingerprint density at radius 1 is 1.17 bits per heavy atom. The monoisotopic (exact) mass is 268 g/mol. The maximum Gasteiger partial charge on any atom is 0.0578 e. The second kappa shape index (κ2) is 5.85. The van der Waals surface area contributed by atoms with Crippen LogP contribution in [0.5, 0.6) is 0 Å². The summed E-state index contributed by atoms with van der Waals surface area (Å²) in [6, 6.07) is 3.60. The van der Waals surface area contributed by atoms with Crippen molar-refractivity contribution in [3.63, 3.8) is 0 Å². The molecule has 0 bridgehead atoms. The first-order chi connectivity index (χ1) is 5.61. The van der Waals surface area contributed by atoms with Crippen molar-refractivity contribution in [3.05, 3.63) is 32.2 Å². The Morgan fingerprint density at radius 2 is 1.67 bits per heavy atom. The fraction of sp³-hybridized carbons (Fsp3) is 0.333. The SMILES string of the molecule is CC.Cc1cc(Cl)cc(Br)c1Cl. The van der Waals surface area contributed by atoms with E-state index in [2.05, 4.69) is 15.9 Å². The fourth-order valence-corrected chi connectivity index (χ4v) is 1.76. The van der Waals surface area contributed by atoms with Gasteiger partial charge in [-0.1, -0.05) is 37.0 Å². The maximum absolute atomic E-state index is 5.84. The van der Waals surface area contributed by atoms with Crippen molar-refractivity contribution in [1.82, 2.24) is 0 Å². The van der Waals surface area contributed by atoms with Gasteiger partial charge in [0.15, 0.2) is 0 Å². The summed E-state index contributed by atoms with van der Waals surface area (Å²) in [5, 5.41) is 1.43. The number of halogens is 3. The molecule has 0 aromatic heterocycles. The van der Waals surface area contributed by atoms with Gasteiger partial charge in [0, 0.05) is 9.50 Å². The molecule has 3 heteroatoms. The molecule has 0 saturated carbocycles. The molecule has 0 nitrogen and oxygen atoms in total. The average molecular weight is 270 g/mol. The van der Waals surface area contributed by atoms with Gasteiger partial charge in [0.1, 0.15) is 0 Å². The molecule has 68 valence electrons. The van der Waals surface area contributed by atoms with Gasteiger partial charge >= 0.3 is 0 Å². The molecule has 0 fully saturated rings. The molecule has 0 radical (unpaired) electrons. The third-order valence-corrected chi connectivity index (χ3v) is 2.75. The van der Waals surface area contributed by atoms with Crippen LogP contribution in [0, 0.1) is 6.92 Å². The minimum absolute atomic E-state index is 0.703. The van der Waals surface area contributed by atoms with Gasteiger partial charge in [0.05, 0.1) is 5.02 Å². The Hall–Kier alpha value is 0.280. The predicted octanol–water partition coefficient (Wildman–Crippen LogP) is 5.09. The highest BCUT2D eigenvalue weighted by Crippen LogP contribution is 2.29. The molecule has 0 aliphatic heterocycles. The van der Waals surface area contributed by atoms with Gasteiger partial charge in [-0.3, -0.25) is 0 Å². The predicted molar refractivity (Wildman–Crippen MR) is 60.2 cm³/mol. The largest absolute Gasteiger partial charge is 0.0843 e. The highest BCUT2D eigenvalue weighted by Gasteiger charge is 2.00. The van der Waals surface area contributed by atoms with Crippen molar-refractivity contribution in [2.75, 3.05) is 0 Å². The Balaban J connectivity index is 0.000000561. The van der Waals surface area contributed by atoms with Crippen molar-refractivity contribution >= 4 is 39.1 Å². The van der Waals surface area contributed by atoms with Gasteiger partial charge in [-0.25, -0.2) is 0 Å². The van der Waals surface area contributed by atoms with E-state index in [0.717, 1.165) is 15.1 Å². The van der Waals surface area contributed by atoms with Crippen molar-refractivity contribution in [1.29, 1.82) is 0 Å². The molecule has 0 atom stereocenters. The lowest BCUT2D eigenvalue weighted by Gasteiger charge is -1.99. The number of rotatable bonds is 0. The summed E-state index contributed by atoms with van der Waals surface area (Å²) < 4.78 is 0.846. The number of aryl methyl sites for hydroxylation is 1. The van der Waals surface area contributed by atoms with Crippen LogP contribution in [-0.2, 0) is 0 Å². The molecule has 0 unspecified atom stereocenters. The van der Waals surface area contributed by atoms with Gasteiger partial charge in [0.25, 0.3) is 0 Å². The first-order valence-electron chi connectivity index (χ1n) is 3.72. The molecule has 0 N–H and O–H groups in total. The van der Waals surface area contributed by atoms with Crippen LogP contribution in [0.4, 0.5) is 0 Å². The van der Waals surface area contributed by atoms with Crippen LogP contribution in [0.25, 0.3) is 0 Å². The molecule has 1 aromatic carbocycles. The smallest absolute Gasteiger partial charge is 0.0578 e. The van der Waals surface area contributed by atoms with E-state index in [4.69, 9.17) is 23.2 Å². The van der Waals surface area contributed by atoms with E-state index in [9.17, 15) is 0 Å². The summed E-state index contributed by atoms with van der Waals surface area (Å²) in [7, 11) is 0. The molecular formula is C9H11BrCl2. The summed E-state index contributed by atoms with van der Waals surface area (Å²) in [6.07, 6.45) is 0. The third kappa shape index (κ3) is 3.34. The first kappa shape index (κ1) is 12.3. The Morgan fingerprint density at radius 3 is 2.08 bits per heavy atom. The van der Waals surface area contributed by atoms with Crippen LogP contribution in [0.15, 0.2) is 16.6 Å². The summed E-state index contributed by atoms with van der Waals surface area (Å²) in [5.41, 5.74) is 0.987. The molecule has 0 heterocycles. The van der Waals surface area contributed by atoms with Gasteiger partial charge in [0.2, 0.25) is 0 Å². The van der Waals surface area contributed by atoms with Crippen LogP contribution in [0.3, 0.4) is 0 Å². The summed E-state index contributed by atoms with van der Waals surface area (Å²) in [5.74, 6) is 0. The summed E-state index contributed by atoms with van der Waals surface area (Å²) in [4.78, 5) is 0. The summed E-state index contributed by atoms with van der Waals surface area (Å²) in [6.45, 7) is 5.92. The van der Waals surface area contributed by atoms with Crippen molar-refractivity contribution in [3.8, 4) is 0 Å². The Labute approximate surface area is 92.0 Å². The van der Waals surface area contributed by atoms with Crippen LogP contribution < -0.4 is 0 Å². The highest BCUT2D eigenvalue weighted by molar-refractivity contribution is 9.10. The Kier molecular flexibility index (Phi) is 5.98. The second-order valence-corrected chi connectivity index (χ2v) is 3.69. The topological polar surface area (TPSA) is 0 Å². The fourth-order valence-electron chi connectivity index (χ4n) is 0.685. The van der Waals surface area contributed by atoms with Crippen LogP contribution in [0.1, 0.15) is 19.4 Å². The van der Waals surface area contributed by atoms with Crippen molar-refractivity contribution in [2.24, 2.45) is 0 Å². The minimum Gasteiger partial charge on any atom is -0.0843 e. The zero-order valence-corrected chi connectivity index (χ0v) is 10.4. The van der Waals surface area contributed by atoms with E-state index in [-0.39, 0.29) is 0 Å². The molecule has 0 aliphatic carbocycles. The van der Waals surface area contributed by atoms with Crippen LogP contribution in [-0.4, -0.2) is 0 Å². The molecule has 1 aromatic rings. The number of hydrogen-bond acceptors (Lipinski definition) is 0. The first-order valence-corrected chi connectivity index (χ1v) is 5.27. The minimum atomic E-state index is 0.703. The molecular weight excluding hydrogens is 259 g/mol. The standard InChI is InChI=1S/C7H5BrCl2.C2H6/c1-4-2-5(9)3-6(8)7(4)10;1-2/h2-3H,1H3;1-2H3. The molecule has 0 spiro atoms. The van der Waals surface area contributed by atoms with Gasteiger partial charge in [-0.15, -0.1) is 0 Å². The number of hydrogen-bond donors (Lipinski definition) is 0. The molecule has 0 saturated heterocycles. The van der Waals surface area contributed by atoms with E-state index in [0.29, 0.717) is 5.02 Å². The van der Waals surface area contributed by atoms with Crippen molar-refractivity contribution in [2.45, 2.75) is 20.8 Å². The van der Waals surface area contributed by atoms with Crippen LogP contribution >= 0.6 is 39.1 Å². The maximum atomic E-state index is 5.84. The molecule has 0 amide bonds. The van der Waals surface area contributed by atoms with Crippen molar-refractivity contribution < 1.29 is 0 Å². The molecule has 0 aliphatic rings. The van der Waals surface area contributed by atoms with E-state index in [1.807, 2.05) is 26.8 Å². The van der Waals surface area contributed by atoms with E-state index >= 15 is 0 Å². The third-order valence-electron chi connectivity index (χ3n) is 1.17. The Bertz CT molecular complexity index is 236. The second-order valence-electron chi connectivity index (χ2n) is 2.02. The zero-order chi connectivity index (χ0) is 9.72. The van der Waals surface area contributed by atoms with Gasteiger partial charge < -0.3 is 0 Å². The molecule has 12 heavy (non-hydrogen) atoms. The van der Waals surface area contributed by atoms with Crippen LogP contribution in [0.2, 0.25) is 10.0 Å². The van der Waals surface area contributed by atoms with Gasteiger partial charge in [-0.05, 0) is 40.5 Å². The highest BCUT2D eigenvalue weighted by atomic mass is 79.9. The van der Waals surface area contributed by atoms with E-state index < -0.39 is 0 Å².